The molecule has 0 radical (unpaired) electrons. The Morgan fingerprint density at radius 2 is 2.09 bits per heavy atom. The van der Waals surface area contributed by atoms with Crippen LogP contribution in [0.5, 0.6) is 5.75 Å². The third kappa shape index (κ3) is 4.02. The van der Waals surface area contributed by atoms with Gasteiger partial charge in [-0.3, -0.25) is 4.79 Å². The van der Waals surface area contributed by atoms with Gasteiger partial charge in [-0.2, -0.15) is 0 Å². The number of hydrogen-bond donors (Lipinski definition) is 0. The molecule has 0 unspecified atom stereocenters. The average molecular weight is 303 g/mol. The number of amides is 1. The Bertz CT molecular complexity index is 536. The Hall–Kier alpha value is -1.51. The van der Waals surface area contributed by atoms with E-state index in [-0.39, 0.29) is 17.4 Å². The minimum Gasteiger partial charge on any atom is -0.480 e. The van der Waals surface area contributed by atoms with Crippen LogP contribution in [0, 0.1) is 19.3 Å². The molecule has 1 amide bonds. The molecule has 1 saturated heterocycles. The van der Waals surface area contributed by atoms with Crippen LogP contribution in [0.1, 0.15) is 51.2 Å². The van der Waals surface area contributed by atoms with E-state index in [4.69, 9.17) is 4.74 Å². The summed E-state index contributed by atoms with van der Waals surface area (Å²) in [6, 6.07) is 6.13. The minimum atomic E-state index is -0.380. The average Bonchev–Trinajstić information content (AvgIpc) is 2.46. The van der Waals surface area contributed by atoms with Gasteiger partial charge in [-0.15, -0.1) is 0 Å². The lowest BCUT2D eigenvalue weighted by Crippen LogP contribution is -2.49. The summed E-state index contributed by atoms with van der Waals surface area (Å²) >= 11 is 0. The van der Waals surface area contributed by atoms with E-state index in [1.807, 2.05) is 37.8 Å². The van der Waals surface area contributed by atoms with Gasteiger partial charge < -0.3 is 9.64 Å². The fourth-order valence-corrected chi connectivity index (χ4v) is 3.11. The molecule has 1 fully saturated rings. The second-order valence-corrected chi connectivity index (χ2v) is 7.31. The van der Waals surface area contributed by atoms with Crippen molar-refractivity contribution in [3.8, 4) is 5.75 Å². The minimum absolute atomic E-state index is 0.135. The first kappa shape index (κ1) is 16.9. The van der Waals surface area contributed by atoms with Crippen LogP contribution >= 0.6 is 0 Å². The van der Waals surface area contributed by atoms with E-state index in [0.29, 0.717) is 6.42 Å². The van der Waals surface area contributed by atoms with Crippen molar-refractivity contribution in [1.29, 1.82) is 0 Å². The number of aryl methyl sites for hydroxylation is 2. The third-order valence-corrected chi connectivity index (χ3v) is 4.47. The monoisotopic (exact) mass is 303 g/mol. The highest BCUT2D eigenvalue weighted by molar-refractivity contribution is 5.81. The molecule has 1 heterocycles. The predicted octanol–water partition coefficient (Wildman–Crippen LogP) is 4.11. The van der Waals surface area contributed by atoms with E-state index in [1.54, 1.807) is 0 Å². The summed E-state index contributed by atoms with van der Waals surface area (Å²) in [5, 5.41) is 0. The van der Waals surface area contributed by atoms with Gasteiger partial charge in [0.1, 0.15) is 5.75 Å². The van der Waals surface area contributed by atoms with E-state index < -0.39 is 0 Å². The Balaban J connectivity index is 2.10. The molecule has 3 nitrogen and oxygen atoms in total. The maximum atomic E-state index is 12.8. The van der Waals surface area contributed by atoms with Gasteiger partial charge in [-0.05, 0) is 55.7 Å². The van der Waals surface area contributed by atoms with E-state index in [1.165, 1.54) is 6.42 Å². The van der Waals surface area contributed by atoms with Crippen LogP contribution in [-0.4, -0.2) is 30.0 Å². The molecule has 1 aliphatic heterocycles. The summed E-state index contributed by atoms with van der Waals surface area (Å²) in [6.07, 6.45) is 2.59. The van der Waals surface area contributed by atoms with Gasteiger partial charge in [0.2, 0.25) is 0 Å². The van der Waals surface area contributed by atoms with Crippen LogP contribution in [0.15, 0.2) is 18.2 Å². The topological polar surface area (TPSA) is 29.5 Å². The number of rotatable bonds is 4. The number of nitrogens with zero attached hydrogens (tertiary/aromatic N) is 1. The lowest BCUT2D eigenvalue weighted by atomic mass is 9.84. The Morgan fingerprint density at radius 1 is 1.36 bits per heavy atom. The largest absolute Gasteiger partial charge is 0.480 e. The SMILES string of the molecule is CC[C@H](Oc1cc(C)ccc1C)C(=O)N1CCCC(C)(C)C1. The molecule has 2 rings (SSSR count). The normalized spacial score (nSPS) is 18.9. The van der Waals surface area contributed by atoms with Gasteiger partial charge in [0.15, 0.2) is 6.10 Å². The summed E-state index contributed by atoms with van der Waals surface area (Å²) in [7, 11) is 0. The molecule has 0 aromatic heterocycles. The summed E-state index contributed by atoms with van der Waals surface area (Å²) in [5.41, 5.74) is 2.45. The van der Waals surface area contributed by atoms with Crippen molar-refractivity contribution in [2.75, 3.05) is 13.1 Å². The Morgan fingerprint density at radius 3 is 2.73 bits per heavy atom. The number of likely N-dealkylation sites (tertiary alicyclic amines) is 1. The van der Waals surface area contributed by atoms with Gasteiger partial charge in [0, 0.05) is 13.1 Å². The molecule has 1 atom stereocenters. The Labute approximate surface area is 134 Å². The third-order valence-electron chi connectivity index (χ3n) is 4.47. The Kier molecular flexibility index (Phi) is 5.15. The summed E-state index contributed by atoms with van der Waals surface area (Å²) in [4.78, 5) is 14.8. The number of hydrogen-bond acceptors (Lipinski definition) is 2. The highest BCUT2D eigenvalue weighted by Crippen LogP contribution is 2.29. The molecule has 1 aromatic carbocycles. The van der Waals surface area contributed by atoms with E-state index in [0.717, 1.165) is 36.4 Å². The molecular formula is C19H29NO2. The summed E-state index contributed by atoms with van der Waals surface area (Å²) in [5.74, 6) is 0.965. The zero-order valence-corrected chi connectivity index (χ0v) is 14.6. The molecular weight excluding hydrogens is 274 g/mol. The lowest BCUT2D eigenvalue weighted by molar-refractivity contribution is -0.142. The number of ether oxygens (including phenoxy) is 1. The summed E-state index contributed by atoms with van der Waals surface area (Å²) in [6.45, 7) is 12.2. The summed E-state index contributed by atoms with van der Waals surface area (Å²) < 4.78 is 6.07. The van der Waals surface area contributed by atoms with Crippen molar-refractivity contribution in [3.05, 3.63) is 29.3 Å². The lowest BCUT2D eigenvalue weighted by Gasteiger charge is -2.39. The highest BCUT2D eigenvalue weighted by atomic mass is 16.5. The predicted molar refractivity (Wildman–Crippen MR) is 90.2 cm³/mol. The van der Waals surface area contributed by atoms with Crippen molar-refractivity contribution in [1.82, 2.24) is 4.90 Å². The van der Waals surface area contributed by atoms with Gasteiger partial charge >= 0.3 is 0 Å². The number of benzene rings is 1. The first-order valence-electron chi connectivity index (χ1n) is 8.35. The molecule has 0 bridgehead atoms. The van der Waals surface area contributed by atoms with Crippen LogP contribution in [0.4, 0.5) is 0 Å². The number of carbonyl (C=O) groups is 1. The quantitative estimate of drug-likeness (QED) is 0.837. The molecule has 1 aliphatic rings. The number of carbonyl (C=O) groups excluding carboxylic acids is 1. The van der Waals surface area contributed by atoms with Crippen LogP contribution in [0.25, 0.3) is 0 Å². The molecule has 0 spiro atoms. The van der Waals surface area contributed by atoms with Gasteiger partial charge in [0.25, 0.3) is 5.91 Å². The van der Waals surface area contributed by atoms with Crippen LogP contribution < -0.4 is 4.74 Å². The van der Waals surface area contributed by atoms with Crippen molar-refractivity contribution in [2.24, 2.45) is 5.41 Å². The van der Waals surface area contributed by atoms with Crippen LogP contribution in [0.2, 0.25) is 0 Å². The fraction of sp³-hybridized carbons (Fsp3) is 0.632. The zero-order chi connectivity index (χ0) is 16.3. The van der Waals surface area contributed by atoms with Crippen molar-refractivity contribution in [3.63, 3.8) is 0 Å². The maximum absolute atomic E-state index is 12.8. The maximum Gasteiger partial charge on any atom is 0.263 e. The molecule has 0 aliphatic carbocycles. The fourth-order valence-electron chi connectivity index (χ4n) is 3.11. The second-order valence-electron chi connectivity index (χ2n) is 7.31. The van der Waals surface area contributed by atoms with Crippen LogP contribution in [-0.2, 0) is 4.79 Å². The van der Waals surface area contributed by atoms with E-state index in [2.05, 4.69) is 19.9 Å². The van der Waals surface area contributed by atoms with Crippen molar-refractivity contribution in [2.45, 2.75) is 60.0 Å². The molecule has 1 aromatic rings. The van der Waals surface area contributed by atoms with E-state index in [9.17, 15) is 4.79 Å². The molecule has 0 saturated carbocycles. The second kappa shape index (κ2) is 6.72. The standard InChI is InChI=1S/C19H29NO2/c1-6-16(22-17-12-14(2)8-9-15(17)3)18(21)20-11-7-10-19(4,5)13-20/h8-9,12,16H,6-7,10-11,13H2,1-5H3/t16-/m0/s1. The van der Waals surface area contributed by atoms with Gasteiger partial charge in [-0.1, -0.05) is 32.9 Å². The molecule has 22 heavy (non-hydrogen) atoms. The molecule has 3 heteroatoms. The molecule has 122 valence electrons. The van der Waals surface area contributed by atoms with E-state index >= 15 is 0 Å². The zero-order valence-electron chi connectivity index (χ0n) is 14.6. The van der Waals surface area contributed by atoms with Crippen molar-refractivity contribution < 1.29 is 9.53 Å². The number of piperidine rings is 1. The molecule has 0 N–H and O–H groups in total. The van der Waals surface area contributed by atoms with Crippen LogP contribution in [0.3, 0.4) is 0 Å². The van der Waals surface area contributed by atoms with Gasteiger partial charge in [-0.25, -0.2) is 0 Å². The smallest absolute Gasteiger partial charge is 0.263 e. The van der Waals surface area contributed by atoms with Crippen molar-refractivity contribution >= 4 is 5.91 Å². The van der Waals surface area contributed by atoms with Gasteiger partial charge in [0.05, 0.1) is 0 Å². The highest BCUT2D eigenvalue weighted by Gasteiger charge is 2.32. The first-order chi connectivity index (χ1) is 10.3. The first-order valence-corrected chi connectivity index (χ1v) is 8.35.